The summed E-state index contributed by atoms with van der Waals surface area (Å²) in [6.07, 6.45) is 5.86. The molecule has 2 aliphatic rings. The van der Waals surface area contributed by atoms with Gasteiger partial charge in [-0.25, -0.2) is 18.7 Å². The Hall–Kier alpha value is -3.46. The van der Waals surface area contributed by atoms with E-state index < -0.39 is 16.7 Å². The number of methoxy groups -OCH3 is 1. The number of nitrogens with zero attached hydrogens (tertiary/aromatic N) is 3. The number of benzene rings is 2. The number of amides is 1. The Kier molecular flexibility index (Phi) is 6.19. The fourth-order valence-corrected chi connectivity index (χ4v) is 5.20. The molecule has 2 aliphatic heterocycles. The summed E-state index contributed by atoms with van der Waals surface area (Å²) in [6.45, 7) is 3.62. The van der Waals surface area contributed by atoms with Crippen LogP contribution in [0.25, 0.3) is 10.9 Å². The van der Waals surface area contributed by atoms with Gasteiger partial charge in [-0.3, -0.25) is 4.79 Å². The Morgan fingerprint density at radius 2 is 1.94 bits per heavy atom. The maximum absolute atomic E-state index is 14.5. The van der Waals surface area contributed by atoms with Gasteiger partial charge in [0.25, 0.3) is 0 Å². The fraction of sp³-hybridized carbons (Fsp3) is 0.320. The molecule has 2 bridgehead atoms. The van der Waals surface area contributed by atoms with E-state index in [1.807, 2.05) is 4.90 Å². The third-order valence-electron chi connectivity index (χ3n) is 6.62. The average Bonchev–Trinajstić information content (AvgIpc) is 3.13. The lowest BCUT2D eigenvalue weighted by molar-refractivity contribution is -0.131. The van der Waals surface area contributed by atoms with Gasteiger partial charge in [-0.05, 0) is 37.1 Å². The van der Waals surface area contributed by atoms with Crippen LogP contribution in [-0.4, -0.2) is 46.1 Å². The molecule has 2 aromatic carbocycles. The van der Waals surface area contributed by atoms with Crippen molar-refractivity contribution in [3.8, 4) is 11.5 Å². The molecule has 0 saturated carbocycles. The minimum absolute atomic E-state index is 0.0227. The standard InChI is InChI=1S/C25H23ClF2N4O3/c1-3-22(33)32-13-4-5-14(32)9-15(8-13)35-21-10-16-19(11-20(21)34-2)29-12-30-25(16)31-18-7-6-17(27)23(26)24(18)28/h3,6-7,10-15H,1,4-5,8-9H2,2H3,(H,29,30,31)/t13-,14+,15-. The highest BCUT2D eigenvalue weighted by atomic mass is 35.5. The summed E-state index contributed by atoms with van der Waals surface area (Å²) in [4.78, 5) is 22.7. The van der Waals surface area contributed by atoms with Gasteiger partial charge in [0.15, 0.2) is 17.3 Å². The summed E-state index contributed by atoms with van der Waals surface area (Å²) >= 11 is 5.72. The highest BCUT2D eigenvalue weighted by Crippen LogP contribution is 2.41. The minimum atomic E-state index is -0.917. The number of halogens is 3. The second-order valence-corrected chi connectivity index (χ2v) is 9.01. The van der Waals surface area contributed by atoms with Crippen molar-refractivity contribution in [2.45, 2.75) is 43.9 Å². The maximum Gasteiger partial charge on any atom is 0.246 e. The third-order valence-corrected chi connectivity index (χ3v) is 6.97. The normalized spacial score (nSPS) is 21.1. The van der Waals surface area contributed by atoms with E-state index in [-0.39, 0.29) is 29.8 Å². The maximum atomic E-state index is 14.5. The first kappa shape index (κ1) is 23.3. The van der Waals surface area contributed by atoms with E-state index in [1.54, 1.807) is 19.2 Å². The SMILES string of the molecule is C=CC(=O)N1[C@@H]2CC[C@H]1C[C@H](Oc1cc3c(Nc4ccc(F)c(Cl)c4F)ncnc3cc1OC)C2. The molecule has 3 heterocycles. The summed E-state index contributed by atoms with van der Waals surface area (Å²) in [5, 5.41) is 2.83. The number of carbonyl (C=O) groups is 1. The topological polar surface area (TPSA) is 76.6 Å². The number of piperidine rings is 1. The summed E-state index contributed by atoms with van der Waals surface area (Å²) in [5.41, 5.74) is 0.525. The van der Waals surface area contributed by atoms with Gasteiger partial charge in [0.05, 0.1) is 18.3 Å². The van der Waals surface area contributed by atoms with E-state index in [4.69, 9.17) is 21.1 Å². The zero-order valence-corrected chi connectivity index (χ0v) is 19.7. The number of rotatable bonds is 6. The van der Waals surface area contributed by atoms with Gasteiger partial charge in [0, 0.05) is 36.4 Å². The molecule has 35 heavy (non-hydrogen) atoms. The van der Waals surface area contributed by atoms with Crippen LogP contribution in [0.2, 0.25) is 5.02 Å². The third kappa shape index (κ3) is 4.25. The van der Waals surface area contributed by atoms with Crippen LogP contribution in [0.15, 0.2) is 43.2 Å². The second-order valence-electron chi connectivity index (χ2n) is 8.64. The first-order chi connectivity index (χ1) is 16.9. The molecule has 0 unspecified atom stereocenters. The predicted octanol–water partition coefficient (Wildman–Crippen LogP) is 5.40. The van der Waals surface area contributed by atoms with Crippen molar-refractivity contribution in [3.63, 3.8) is 0 Å². The Bertz CT molecular complexity index is 1310. The van der Waals surface area contributed by atoms with Crippen LogP contribution in [0.3, 0.4) is 0 Å². The van der Waals surface area contributed by atoms with Crippen molar-refractivity contribution in [2.24, 2.45) is 0 Å². The summed E-state index contributed by atoms with van der Waals surface area (Å²) in [5.74, 6) is -0.522. The molecule has 0 aliphatic carbocycles. The summed E-state index contributed by atoms with van der Waals surface area (Å²) < 4.78 is 40.0. The van der Waals surface area contributed by atoms with Crippen LogP contribution in [0.4, 0.5) is 20.3 Å². The molecular formula is C25H23ClF2N4O3. The van der Waals surface area contributed by atoms with Crippen LogP contribution < -0.4 is 14.8 Å². The van der Waals surface area contributed by atoms with E-state index in [2.05, 4.69) is 21.9 Å². The molecule has 3 aromatic rings. The zero-order chi connectivity index (χ0) is 24.7. The van der Waals surface area contributed by atoms with E-state index in [1.165, 1.54) is 18.5 Å². The van der Waals surface area contributed by atoms with Crippen LogP contribution >= 0.6 is 11.6 Å². The largest absolute Gasteiger partial charge is 0.493 e. The molecule has 0 radical (unpaired) electrons. The molecule has 5 rings (SSSR count). The van der Waals surface area contributed by atoms with Crippen molar-refractivity contribution in [3.05, 3.63) is 59.9 Å². The van der Waals surface area contributed by atoms with Crippen molar-refractivity contribution >= 4 is 39.9 Å². The second kappa shape index (κ2) is 9.30. The molecule has 1 amide bonds. The lowest BCUT2D eigenvalue weighted by Gasteiger charge is -2.38. The van der Waals surface area contributed by atoms with E-state index in [9.17, 15) is 13.6 Å². The monoisotopic (exact) mass is 500 g/mol. The van der Waals surface area contributed by atoms with Crippen molar-refractivity contribution < 1.29 is 23.0 Å². The number of carbonyl (C=O) groups excluding carboxylic acids is 1. The van der Waals surface area contributed by atoms with Crippen LogP contribution in [0.1, 0.15) is 25.7 Å². The Morgan fingerprint density at radius 1 is 1.20 bits per heavy atom. The number of aromatic nitrogens is 2. The smallest absolute Gasteiger partial charge is 0.246 e. The Labute approximate surface area is 205 Å². The Balaban J connectivity index is 1.45. The number of anilines is 2. The first-order valence-electron chi connectivity index (χ1n) is 11.2. The summed E-state index contributed by atoms with van der Waals surface area (Å²) in [7, 11) is 1.54. The van der Waals surface area contributed by atoms with Gasteiger partial charge in [0.1, 0.15) is 29.1 Å². The van der Waals surface area contributed by atoms with E-state index >= 15 is 0 Å². The van der Waals surface area contributed by atoms with Gasteiger partial charge in [-0.15, -0.1) is 0 Å². The van der Waals surface area contributed by atoms with Gasteiger partial charge >= 0.3 is 0 Å². The highest BCUT2D eigenvalue weighted by molar-refractivity contribution is 6.31. The lowest BCUT2D eigenvalue weighted by Crippen LogP contribution is -2.48. The molecule has 2 fully saturated rings. The molecule has 1 N–H and O–H groups in total. The first-order valence-corrected chi connectivity index (χ1v) is 11.6. The van der Waals surface area contributed by atoms with E-state index in [0.29, 0.717) is 41.1 Å². The van der Waals surface area contributed by atoms with Crippen LogP contribution in [0.5, 0.6) is 11.5 Å². The molecule has 0 spiro atoms. The van der Waals surface area contributed by atoms with Gasteiger partial charge < -0.3 is 19.7 Å². The Morgan fingerprint density at radius 3 is 2.63 bits per heavy atom. The van der Waals surface area contributed by atoms with Gasteiger partial charge in [0.2, 0.25) is 5.91 Å². The predicted molar refractivity (Wildman–Crippen MR) is 128 cm³/mol. The molecule has 3 atom stereocenters. The molecule has 1 aromatic heterocycles. The lowest BCUT2D eigenvalue weighted by atomic mass is 9.99. The molecule has 182 valence electrons. The van der Waals surface area contributed by atoms with Crippen LogP contribution in [0, 0.1) is 11.6 Å². The number of hydrogen-bond acceptors (Lipinski definition) is 6. The van der Waals surface area contributed by atoms with Gasteiger partial charge in [-0.1, -0.05) is 18.2 Å². The van der Waals surface area contributed by atoms with Crippen molar-refractivity contribution in [1.29, 1.82) is 0 Å². The number of hydrogen-bond donors (Lipinski definition) is 1. The molecular weight excluding hydrogens is 478 g/mol. The number of ether oxygens (including phenoxy) is 2. The fourth-order valence-electron chi connectivity index (χ4n) is 5.03. The molecule has 7 nitrogen and oxygen atoms in total. The zero-order valence-electron chi connectivity index (χ0n) is 18.9. The molecule has 2 saturated heterocycles. The van der Waals surface area contributed by atoms with Gasteiger partial charge in [-0.2, -0.15) is 0 Å². The number of nitrogens with one attached hydrogen (secondary N) is 1. The van der Waals surface area contributed by atoms with Crippen molar-refractivity contribution in [2.75, 3.05) is 12.4 Å². The average molecular weight is 501 g/mol. The van der Waals surface area contributed by atoms with Crippen LogP contribution in [-0.2, 0) is 4.79 Å². The van der Waals surface area contributed by atoms with Crippen molar-refractivity contribution in [1.82, 2.24) is 14.9 Å². The minimum Gasteiger partial charge on any atom is -0.493 e. The molecule has 10 heteroatoms. The number of fused-ring (bicyclic) bond motifs is 3. The summed E-state index contributed by atoms with van der Waals surface area (Å²) in [6, 6.07) is 6.01. The van der Waals surface area contributed by atoms with E-state index in [0.717, 1.165) is 18.9 Å². The quantitative estimate of drug-likeness (QED) is 0.361. The highest BCUT2D eigenvalue weighted by Gasteiger charge is 2.43.